The lowest BCUT2D eigenvalue weighted by Gasteiger charge is -1.93. The minimum absolute atomic E-state index is 0.0730. The Kier molecular flexibility index (Phi) is 1.97. The van der Waals surface area contributed by atoms with Crippen LogP contribution in [-0.4, -0.2) is 17.6 Å². The zero-order chi connectivity index (χ0) is 9.97. The van der Waals surface area contributed by atoms with Crippen molar-refractivity contribution in [1.29, 1.82) is 0 Å². The van der Waals surface area contributed by atoms with Crippen molar-refractivity contribution in [2.24, 2.45) is 15.7 Å². The summed E-state index contributed by atoms with van der Waals surface area (Å²) in [6.45, 7) is 0. The summed E-state index contributed by atoms with van der Waals surface area (Å²) < 4.78 is 0. The van der Waals surface area contributed by atoms with Gasteiger partial charge in [-0.2, -0.15) is 0 Å². The van der Waals surface area contributed by atoms with Crippen LogP contribution in [0.4, 0.5) is 0 Å². The van der Waals surface area contributed by atoms with E-state index >= 15 is 0 Å². The van der Waals surface area contributed by atoms with Gasteiger partial charge in [-0.25, -0.2) is 14.8 Å². The molecule has 0 spiro atoms. The molecule has 1 heterocycles. The second-order valence-electron chi connectivity index (χ2n) is 2.75. The molecule has 68 valence electrons. The third-order valence-corrected chi connectivity index (χ3v) is 1.82. The molecular formula is C10H7N3O. The molecule has 0 bridgehead atoms. The van der Waals surface area contributed by atoms with E-state index in [1.165, 1.54) is 0 Å². The number of nitrogens with two attached hydrogens (primary N) is 1. The Morgan fingerprint density at radius 1 is 1.14 bits per heavy atom. The van der Waals surface area contributed by atoms with Crippen LogP contribution in [0.25, 0.3) is 0 Å². The Morgan fingerprint density at radius 3 is 2.43 bits per heavy atom. The zero-order valence-electron chi connectivity index (χ0n) is 7.27. The van der Waals surface area contributed by atoms with Crippen molar-refractivity contribution < 1.29 is 4.79 Å². The summed E-state index contributed by atoms with van der Waals surface area (Å²) in [5.41, 5.74) is 6.36. The van der Waals surface area contributed by atoms with Crippen LogP contribution in [0.3, 0.4) is 0 Å². The van der Waals surface area contributed by atoms with Gasteiger partial charge in [-0.15, -0.1) is 0 Å². The number of benzene rings is 1. The largest absolute Gasteiger partial charge is 0.381 e. The molecule has 0 radical (unpaired) electrons. The molecule has 0 saturated carbocycles. The molecule has 1 aliphatic heterocycles. The molecule has 14 heavy (non-hydrogen) atoms. The van der Waals surface area contributed by atoms with Gasteiger partial charge in [0.25, 0.3) is 0 Å². The third kappa shape index (κ3) is 1.34. The summed E-state index contributed by atoms with van der Waals surface area (Å²) >= 11 is 0. The Morgan fingerprint density at radius 2 is 1.86 bits per heavy atom. The first-order valence-electron chi connectivity index (χ1n) is 4.05. The maximum Gasteiger partial charge on any atom is 0.191 e. The van der Waals surface area contributed by atoms with E-state index in [0.29, 0.717) is 5.84 Å². The zero-order valence-corrected chi connectivity index (χ0v) is 7.27. The SMILES string of the molecule is NC1=NC(c2ccccc2)=NC1=C=O. The molecule has 0 unspecified atom stereocenters. The molecular weight excluding hydrogens is 178 g/mol. The fourth-order valence-electron chi connectivity index (χ4n) is 1.15. The maximum atomic E-state index is 10.4. The molecule has 1 aromatic rings. The highest BCUT2D eigenvalue weighted by Gasteiger charge is 2.14. The predicted octanol–water partition coefficient (Wildman–Crippen LogP) is 0.520. The minimum atomic E-state index is 0.0730. The molecule has 1 aromatic carbocycles. The smallest absolute Gasteiger partial charge is 0.191 e. The van der Waals surface area contributed by atoms with E-state index < -0.39 is 0 Å². The van der Waals surface area contributed by atoms with E-state index in [1.807, 2.05) is 30.3 Å². The maximum absolute atomic E-state index is 10.4. The quantitative estimate of drug-likeness (QED) is 0.648. The lowest BCUT2D eigenvalue weighted by molar-refractivity contribution is 0.568. The second-order valence-corrected chi connectivity index (χ2v) is 2.75. The molecule has 2 rings (SSSR count). The van der Waals surface area contributed by atoms with Crippen molar-refractivity contribution in [3.8, 4) is 0 Å². The monoisotopic (exact) mass is 185 g/mol. The van der Waals surface area contributed by atoms with Gasteiger partial charge in [-0.05, 0) is 0 Å². The van der Waals surface area contributed by atoms with Crippen LogP contribution >= 0.6 is 0 Å². The van der Waals surface area contributed by atoms with Gasteiger partial charge < -0.3 is 5.73 Å². The summed E-state index contributed by atoms with van der Waals surface area (Å²) in [5, 5.41) is 0. The van der Waals surface area contributed by atoms with Gasteiger partial charge in [0.05, 0.1) is 0 Å². The van der Waals surface area contributed by atoms with Gasteiger partial charge in [0.15, 0.2) is 23.3 Å². The highest BCUT2D eigenvalue weighted by Crippen LogP contribution is 2.10. The molecule has 0 fully saturated rings. The number of aliphatic imine (C=N–C) groups is 2. The van der Waals surface area contributed by atoms with Crippen LogP contribution in [0.5, 0.6) is 0 Å². The Labute approximate surface area is 80.5 Å². The first kappa shape index (κ1) is 8.41. The number of amidine groups is 2. The average molecular weight is 185 g/mol. The molecule has 0 saturated heterocycles. The molecule has 0 aromatic heterocycles. The van der Waals surface area contributed by atoms with Gasteiger partial charge in [-0.3, -0.25) is 0 Å². The third-order valence-electron chi connectivity index (χ3n) is 1.82. The second kappa shape index (κ2) is 3.28. The number of carbonyl (C=O) groups excluding carboxylic acids is 1. The van der Waals surface area contributed by atoms with E-state index in [4.69, 9.17) is 5.73 Å². The number of hydrogen-bond donors (Lipinski definition) is 1. The van der Waals surface area contributed by atoms with Crippen molar-refractivity contribution in [2.45, 2.75) is 0 Å². The molecule has 0 aliphatic carbocycles. The highest BCUT2D eigenvalue weighted by atomic mass is 16.1. The van der Waals surface area contributed by atoms with E-state index in [0.717, 1.165) is 5.56 Å². The molecule has 2 N–H and O–H groups in total. The lowest BCUT2D eigenvalue weighted by atomic mass is 10.2. The van der Waals surface area contributed by atoms with Crippen LogP contribution < -0.4 is 5.73 Å². The van der Waals surface area contributed by atoms with Crippen molar-refractivity contribution >= 4 is 17.6 Å². The molecule has 0 amide bonds. The standard InChI is InChI=1S/C10H7N3O/c11-9-8(6-14)12-10(13-9)7-4-2-1-3-5-7/h1-5H,(H2,11,12,13). The molecule has 4 nitrogen and oxygen atoms in total. The van der Waals surface area contributed by atoms with Crippen LogP contribution in [-0.2, 0) is 4.79 Å². The van der Waals surface area contributed by atoms with Gasteiger partial charge in [-0.1, -0.05) is 30.3 Å². The first-order valence-corrected chi connectivity index (χ1v) is 4.05. The van der Waals surface area contributed by atoms with Crippen LogP contribution in [0.1, 0.15) is 5.56 Å². The van der Waals surface area contributed by atoms with Gasteiger partial charge >= 0.3 is 0 Å². The Hall–Kier alpha value is -2.19. The summed E-state index contributed by atoms with van der Waals surface area (Å²) in [4.78, 5) is 18.3. The summed E-state index contributed by atoms with van der Waals surface area (Å²) in [5.74, 6) is 2.22. The van der Waals surface area contributed by atoms with Crippen molar-refractivity contribution in [1.82, 2.24) is 0 Å². The lowest BCUT2D eigenvalue weighted by Crippen LogP contribution is -2.10. The topological polar surface area (TPSA) is 67.8 Å². The van der Waals surface area contributed by atoms with Crippen LogP contribution in [0.2, 0.25) is 0 Å². The fraction of sp³-hybridized carbons (Fsp3) is 0. The summed E-state index contributed by atoms with van der Waals surface area (Å²) in [6.07, 6.45) is 0. The normalized spacial score (nSPS) is 14.7. The first-order chi connectivity index (χ1) is 6.81. The number of hydrogen-bond acceptors (Lipinski definition) is 4. The van der Waals surface area contributed by atoms with Gasteiger partial charge in [0.2, 0.25) is 0 Å². The van der Waals surface area contributed by atoms with Crippen molar-refractivity contribution in [3.05, 3.63) is 41.6 Å². The molecule has 1 aliphatic rings. The molecule has 4 heteroatoms. The van der Waals surface area contributed by atoms with E-state index in [9.17, 15) is 4.79 Å². The van der Waals surface area contributed by atoms with Crippen molar-refractivity contribution in [3.63, 3.8) is 0 Å². The fourth-order valence-corrected chi connectivity index (χ4v) is 1.15. The Balaban J connectivity index is 2.46. The summed E-state index contributed by atoms with van der Waals surface area (Å²) in [6, 6.07) is 9.33. The average Bonchev–Trinajstić information content (AvgIpc) is 2.61. The van der Waals surface area contributed by atoms with Gasteiger partial charge in [0, 0.05) is 5.56 Å². The summed E-state index contributed by atoms with van der Waals surface area (Å²) in [7, 11) is 0. The number of nitrogens with zero attached hydrogens (tertiary/aromatic N) is 2. The van der Waals surface area contributed by atoms with Gasteiger partial charge in [0.1, 0.15) is 0 Å². The highest BCUT2D eigenvalue weighted by molar-refractivity contribution is 6.19. The minimum Gasteiger partial charge on any atom is -0.381 e. The van der Waals surface area contributed by atoms with E-state index in [1.54, 1.807) is 5.94 Å². The van der Waals surface area contributed by atoms with Crippen molar-refractivity contribution in [2.75, 3.05) is 0 Å². The Bertz CT molecular complexity index is 467. The number of rotatable bonds is 1. The van der Waals surface area contributed by atoms with E-state index in [-0.39, 0.29) is 11.5 Å². The van der Waals surface area contributed by atoms with Crippen LogP contribution in [0, 0.1) is 0 Å². The molecule has 0 atom stereocenters. The van der Waals surface area contributed by atoms with Crippen LogP contribution in [0.15, 0.2) is 46.0 Å². The predicted molar refractivity (Wildman–Crippen MR) is 53.8 cm³/mol. The van der Waals surface area contributed by atoms with E-state index in [2.05, 4.69) is 9.98 Å².